The van der Waals surface area contributed by atoms with Gasteiger partial charge in [0.2, 0.25) is 0 Å². The molecule has 1 amide bonds. The number of fused-ring (bicyclic) bond motifs is 1. The lowest BCUT2D eigenvalue weighted by Crippen LogP contribution is -2.27. The molecular formula is C15H13N3O2S. The fourth-order valence-electron chi connectivity index (χ4n) is 1.91. The molecule has 2 aromatic rings. The minimum atomic E-state index is -0.138. The van der Waals surface area contributed by atoms with E-state index in [1.54, 1.807) is 18.3 Å². The standard InChI is InChI=1S/C15H13N3O2S/c19-15(17-9-11-5-7-18(20)8-6-11)14-10-16-12-3-1-2-4-13(12)21-14/h1-8,10,16H,9H2,(H,17,19). The van der Waals surface area contributed by atoms with Crippen molar-refractivity contribution in [1.82, 2.24) is 5.32 Å². The Morgan fingerprint density at radius 2 is 2.00 bits per heavy atom. The predicted molar refractivity (Wildman–Crippen MR) is 81.3 cm³/mol. The number of benzene rings is 1. The summed E-state index contributed by atoms with van der Waals surface area (Å²) in [4.78, 5) is 13.8. The summed E-state index contributed by atoms with van der Waals surface area (Å²) in [7, 11) is 0. The lowest BCUT2D eigenvalue weighted by atomic mass is 10.2. The Bertz CT molecular complexity index is 698. The largest absolute Gasteiger partial charge is 0.619 e. The summed E-state index contributed by atoms with van der Waals surface area (Å²) in [5.41, 5.74) is 1.88. The molecule has 0 bridgehead atoms. The maximum atomic E-state index is 12.1. The topological polar surface area (TPSA) is 68.1 Å². The van der Waals surface area contributed by atoms with E-state index in [0.717, 1.165) is 16.1 Å². The van der Waals surface area contributed by atoms with Gasteiger partial charge >= 0.3 is 0 Å². The number of thioether (sulfide) groups is 1. The first-order chi connectivity index (χ1) is 10.2. The van der Waals surface area contributed by atoms with Gasteiger partial charge in [0.05, 0.1) is 10.6 Å². The fourth-order valence-corrected chi connectivity index (χ4v) is 2.81. The van der Waals surface area contributed by atoms with Crippen molar-refractivity contribution < 1.29 is 9.52 Å². The number of hydrogen-bond donors (Lipinski definition) is 2. The van der Waals surface area contributed by atoms with E-state index in [0.29, 0.717) is 16.2 Å². The Morgan fingerprint density at radius 1 is 1.24 bits per heavy atom. The molecule has 21 heavy (non-hydrogen) atoms. The Hall–Kier alpha value is -2.47. The van der Waals surface area contributed by atoms with Crippen LogP contribution in [0.1, 0.15) is 5.56 Å². The van der Waals surface area contributed by atoms with Gasteiger partial charge in [-0.2, -0.15) is 4.73 Å². The maximum absolute atomic E-state index is 12.1. The first-order valence-electron chi connectivity index (χ1n) is 6.42. The number of carbonyl (C=O) groups is 1. The summed E-state index contributed by atoms with van der Waals surface area (Å²) >= 11 is 1.44. The van der Waals surface area contributed by atoms with Crippen molar-refractivity contribution in [3.05, 3.63) is 70.7 Å². The lowest BCUT2D eigenvalue weighted by molar-refractivity contribution is -0.605. The second-order valence-corrected chi connectivity index (χ2v) is 5.58. The zero-order valence-electron chi connectivity index (χ0n) is 11.1. The second-order valence-electron chi connectivity index (χ2n) is 4.50. The molecule has 1 aliphatic rings. The number of carbonyl (C=O) groups excluding carboxylic acids is 1. The molecule has 1 aliphatic heterocycles. The highest BCUT2D eigenvalue weighted by atomic mass is 32.2. The SMILES string of the molecule is O=C(NCc1cc[n+]([O-])cc1)C1=CNc2ccccc2S1. The van der Waals surface area contributed by atoms with Gasteiger partial charge in [-0.05, 0) is 17.7 Å². The van der Waals surface area contributed by atoms with Crippen molar-refractivity contribution in [2.45, 2.75) is 11.4 Å². The Balaban J connectivity index is 1.62. The van der Waals surface area contributed by atoms with Crippen LogP contribution >= 0.6 is 11.8 Å². The van der Waals surface area contributed by atoms with Crippen LogP contribution in [0.3, 0.4) is 0 Å². The van der Waals surface area contributed by atoms with E-state index in [-0.39, 0.29) is 5.91 Å². The minimum absolute atomic E-state index is 0.138. The van der Waals surface area contributed by atoms with Crippen LogP contribution in [0.4, 0.5) is 5.69 Å². The first-order valence-corrected chi connectivity index (χ1v) is 7.23. The number of anilines is 1. The average molecular weight is 299 g/mol. The van der Waals surface area contributed by atoms with E-state index in [2.05, 4.69) is 10.6 Å². The second kappa shape index (κ2) is 5.88. The van der Waals surface area contributed by atoms with Crippen LogP contribution in [0.15, 0.2) is 64.8 Å². The van der Waals surface area contributed by atoms with E-state index in [1.165, 1.54) is 24.2 Å². The highest BCUT2D eigenvalue weighted by Gasteiger charge is 2.17. The number of para-hydroxylation sites is 1. The normalized spacial score (nSPS) is 12.9. The fraction of sp³-hybridized carbons (Fsp3) is 0.0667. The molecule has 0 fully saturated rings. The van der Waals surface area contributed by atoms with Crippen LogP contribution in [0, 0.1) is 5.21 Å². The van der Waals surface area contributed by atoms with Crippen molar-refractivity contribution in [3.63, 3.8) is 0 Å². The van der Waals surface area contributed by atoms with Crippen LogP contribution in [0.2, 0.25) is 0 Å². The molecule has 0 saturated heterocycles. The number of pyridine rings is 1. The van der Waals surface area contributed by atoms with Crippen molar-refractivity contribution in [2.75, 3.05) is 5.32 Å². The third kappa shape index (κ3) is 3.17. The smallest absolute Gasteiger partial charge is 0.259 e. The summed E-state index contributed by atoms with van der Waals surface area (Å²) in [6.07, 6.45) is 4.53. The molecule has 1 aromatic carbocycles. The number of rotatable bonds is 3. The molecule has 106 valence electrons. The van der Waals surface area contributed by atoms with Gasteiger partial charge in [0.25, 0.3) is 5.91 Å². The molecule has 0 saturated carbocycles. The molecule has 1 aromatic heterocycles. The van der Waals surface area contributed by atoms with Crippen molar-refractivity contribution in [3.8, 4) is 0 Å². The molecule has 0 radical (unpaired) electrons. The van der Waals surface area contributed by atoms with Crippen molar-refractivity contribution in [2.24, 2.45) is 0 Å². The van der Waals surface area contributed by atoms with Gasteiger partial charge in [-0.25, -0.2) is 0 Å². The summed E-state index contributed by atoms with van der Waals surface area (Å²) in [5, 5.41) is 16.9. The quantitative estimate of drug-likeness (QED) is 0.672. The summed E-state index contributed by atoms with van der Waals surface area (Å²) in [6, 6.07) is 11.2. The summed E-state index contributed by atoms with van der Waals surface area (Å²) in [5.74, 6) is -0.138. The van der Waals surface area contributed by atoms with E-state index in [4.69, 9.17) is 0 Å². The van der Waals surface area contributed by atoms with Crippen molar-refractivity contribution >= 4 is 23.4 Å². The average Bonchev–Trinajstić information content (AvgIpc) is 2.53. The molecule has 0 spiro atoms. The van der Waals surface area contributed by atoms with Crippen LogP contribution in [0.25, 0.3) is 0 Å². The highest BCUT2D eigenvalue weighted by molar-refractivity contribution is 8.04. The van der Waals surface area contributed by atoms with Crippen LogP contribution in [0.5, 0.6) is 0 Å². The monoisotopic (exact) mass is 299 g/mol. The van der Waals surface area contributed by atoms with Gasteiger partial charge < -0.3 is 15.8 Å². The molecule has 6 heteroatoms. The maximum Gasteiger partial charge on any atom is 0.259 e. The number of aromatic nitrogens is 1. The van der Waals surface area contributed by atoms with E-state index < -0.39 is 0 Å². The van der Waals surface area contributed by atoms with Gasteiger partial charge in [-0.15, -0.1) is 0 Å². The van der Waals surface area contributed by atoms with Gasteiger partial charge in [-0.3, -0.25) is 4.79 Å². The Kier molecular flexibility index (Phi) is 3.79. The van der Waals surface area contributed by atoms with Crippen LogP contribution < -0.4 is 15.4 Å². The van der Waals surface area contributed by atoms with Crippen LogP contribution in [-0.2, 0) is 11.3 Å². The summed E-state index contributed by atoms with van der Waals surface area (Å²) in [6.45, 7) is 0.388. The zero-order chi connectivity index (χ0) is 14.7. The molecule has 0 unspecified atom stereocenters. The Labute approximate surface area is 126 Å². The molecule has 0 aliphatic carbocycles. The minimum Gasteiger partial charge on any atom is -0.619 e. The Morgan fingerprint density at radius 3 is 2.81 bits per heavy atom. The molecule has 2 N–H and O–H groups in total. The predicted octanol–water partition coefficient (Wildman–Crippen LogP) is 2.00. The molecule has 0 atom stereocenters. The van der Waals surface area contributed by atoms with E-state index in [9.17, 15) is 10.0 Å². The highest BCUT2D eigenvalue weighted by Crippen LogP contribution is 2.36. The first kappa shape index (κ1) is 13.5. The van der Waals surface area contributed by atoms with Gasteiger partial charge in [0.1, 0.15) is 0 Å². The number of amides is 1. The number of nitrogens with one attached hydrogen (secondary N) is 2. The van der Waals surface area contributed by atoms with E-state index >= 15 is 0 Å². The molecule has 5 nitrogen and oxygen atoms in total. The number of hydrogen-bond acceptors (Lipinski definition) is 4. The summed E-state index contributed by atoms with van der Waals surface area (Å²) < 4.78 is 0.714. The van der Waals surface area contributed by atoms with Crippen LogP contribution in [-0.4, -0.2) is 5.91 Å². The molecule has 3 rings (SSSR count). The zero-order valence-corrected chi connectivity index (χ0v) is 11.9. The van der Waals surface area contributed by atoms with Gasteiger partial charge in [0, 0.05) is 29.8 Å². The van der Waals surface area contributed by atoms with Gasteiger partial charge in [0.15, 0.2) is 12.4 Å². The van der Waals surface area contributed by atoms with Crippen molar-refractivity contribution in [1.29, 1.82) is 0 Å². The third-order valence-electron chi connectivity index (χ3n) is 3.01. The third-order valence-corrected chi connectivity index (χ3v) is 4.11. The molecular weight excluding hydrogens is 286 g/mol. The number of nitrogens with zero attached hydrogens (tertiary/aromatic N) is 1. The van der Waals surface area contributed by atoms with Gasteiger partial charge in [-0.1, -0.05) is 23.9 Å². The lowest BCUT2D eigenvalue weighted by Gasteiger charge is -2.17. The van der Waals surface area contributed by atoms with E-state index in [1.807, 2.05) is 24.3 Å². The molecule has 2 heterocycles.